The van der Waals surface area contributed by atoms with Crippen LogP contribution in [0.2, 0.25) is 5.02 Å². The SMILES string of the molecule is CCCCOC(=O)Nc1nc2scc(-c3ccc(Cl)cc3)n2n1. The number of fused-ring (bicyclic) bond motifs is 1. The fourth-order valence-electron chi connectivity index (χ4n) is 1.99. The van der Waals surface area contributed by atoms with Gasteiger partial charge in [0.15, 0.2) is 0 Å². The third-order valence-electron chi connectivity index (χ3n) is 3.17. The highest BCUT2D eigenvalue weighted by molar-refractivity contribution is 7.15. The number of halogens is 1. The van der Waals surface area contributed by atoms with E-state index >= 15 is 0 Å². The van der Waals surface area contributed by atoms with E-state index in [1.807, 2.05) is 36.6 Å². The normalized spacial score (nSPS) is 10.9. The molecule has 0 saturated carbocycles. The van der Waals surface area contributed by atoms with Gasteiger partial charge < -0.3 is 4.74 Å². The lowest BCUT2D eigenvalue weighted by molar-refractivity contribution is 0.159. The molecule has 0 saturated heterocycles. The molecule has 23 heavy (non-hydrogen) atoms. The number of unbranched alkanes of at least 4 members (excludes halogenated alkanes) is 1. The zero-order valence-corrected chi connectivity index (χ0v) is 14.0. The molecule has 1 aromatic carbocycles. The highest BCUT2D eigenvalue weighted by atomic mass is 35.5. The first-order valence-corrected chi connectivity index (χ1v) is 8.47. The van der Waals surface area contributed by atoms with Crippen LogP contribution in [0.3, 0.4) is 0 Å². The van der Waals surface area contributed by atoms with Crippen LogP contribution in [0.5, 0.6) is 0 Å². The van der Waals surface area contributed by atoms with E-state index < -0.39 is 6.09 Å². The van der Waals surface area contributed by atoms with Gasteiger partial charge in [-0.2, -0.15) is 4.98 Å². The predicted octanol–water partition coefficient (Wildman–Crippen LogP) is 4.46. The van der Waals surface area contributed by atoms with Crippen LogP contribution >= 0.6 is 22.9 Å². The van der Waals surface area contributed by atoms with E-state index in [1.54, 1.807) is 4.52 Å². The maximum Gasteiger partial charge on any atom is 0.414 e. The minimum Gasteiger partial charge on any atom is -0.449 e. The van der Waals surface area contributed by atoms with Crippen LogP contribution in [0.15, 0.2) is 29.6 Å². The Bertz CT molecular complexity index is 813. The van der Waals surface area contributed by atoms with Gasteiger partial charge in [-0.1, -0.05) is 37.1 Å². The Morgan fingerprint density at radius 1 is 1.39 bits per heavy atom. The monoisotopic (exact) mass is 350 g/mol. The predicted molar refractivity (Wildman–Crippen MR) is 91.2 cm³/mol. The molecule has 0 atom stereocenters. The molecule has 3 rings (SSSR count). The number of hydrogen-bond donors (Lipinski definition) is 1. The molecule has 120 valence electrons. The summed E-state index contributed by atoms with van der Waals surface area (Å²) >= 11 is 7.36. The summed E-state index contributed by atoms with van der Waals surface area (Å²) in [6, 6.07) is 7.47. The zero-order valence-electron chi connectivity index (χ0n) is 12.5. The summed E-state index contributed by atoms with van der Waals surface area (Å²) in [7, 11) is 0. The molecule has 8 heteroatoms. The van der Waals surface area contributed by atoms with Crippen molar-refractivity contribution < 1.29 is 9.53 Å². The van der Waals surface area contributed by atoms with E-state index in [4.69, 9.17) is 16.3 Å². The van der Waals surface area contributed by atoms with Crippen LogP contribution in [0.4, 0.5) is 10.7 Å². The molecular formula is C15H15ClN4O2S. The summed E-state index contributed by atoms with van der Waals surface area (Å²) < 4.78 is 6.73. The Morgan fingerprint density at radius 3 is 2.91 bits per heavy atom. The minimum atomic E-state index is -0.537. The molecule has 2 heterocycles. The summed E-state index contributed by atoms with van der Waals surface area (Å²) in [5, 5.41) is 9.49. The molecule has 0 aliphatic carbocycles. The number of ether oxygens (including phenoxy) is 1. The smallest absolute Gasteiger partial charge is 0.414 e. The van der Waals surface area contributed by atoms with Crippen LogP contribution in [-0.4, -0.2) is 27.3 Å². The van der Waals surface area contributed by atoms with E-state index in [1.165, 1.54) is 11.3 Å². The van der Waals surface area contributed by atoms with E-state index in [-0.39, 0.29) is 5.95 Å². The number of aromatic nitrogens is 3. The van der Waals surface area contributed by atoms with Crippen LogP contribution in [0.25, 0.3) is 16.2 Å². The number of hydrogen-bond acceptors (Lipinski definition) is 5. The number of carbonyl (C=O) groups excluding carboxylic acids is 1. The molecule has 0 radical (unpaired) electrons. The van der Waals surface area contributed by atoms with Crippen molar-refractivity contribution >= 4 is 39.9 Å². The van der Waals surface area contributed by atoms with Crippen molar-refractivity contribution in [3.8, 4) is 11.3 Å². The van der Waals surface area contributed by atoms with Gasteiger partial charge in [-0.25, -0.2) is 9.31 Å². The van der Waals surface area contributed by atoms with Crippen molar-refractivity contribution in [1.29, 1.82) is 0 Å². The minimum absolute atomic E-state index is 0.230. The van der Waals surface area contributed by atoms with Gasteiger partial charge in [0.05, 0.1) is 12.3 Å². The standard InChI is InChI=1S/C15H15ClN4O2S/c1-2-3-8-22-15(21)18-13-17-14-20(19-13)12(9-23-14)10-4-6-11(16)7-5-10/h4-7,9H,2-3,8H2,1H3,(H,18,19,21). The van der Waals surface area contributed by atoms with Crippen molar-refractivity contribution in [1.82, 2.24) is 14.6 Å². The fraction of sp³-hybridized carbons (Fsp3) is 0.267. The number of carbonyl (C=O) groups is 1. The quantitative estimate of drug-likeness (QED) is 0.690. The molecule has 0 fully saturated rings. The lowest BCUT2D eigenvalue weighted by Gasteiger charge is -2.02. The Balaban J connectivity index is 1.78. The van der Waals surface area contributed by atoms with E-state index in [2.05, 4.69) is 15.4 Å². The highest BCUT2D eigenvalue weighted by Gasteiger charge is 2.13. The van der Waals surface area contributed by atoms with E-state index in [9.17, 15) is 4.79 Å². The molecule has 0 aliphatic rings. The van der Waals surface area contributed by atoms with Crippen LogP contribution in [0.1, 0.15) is 19.8 Å². The van der Waals surface area contributed by atoms with Crippen molar-refractivity contribution in [2.24, 2.45) is 0 Å². The second-order valence-corrected chi connectivity index (χ2v) is 6.15. The summed E-state index contributed by atoms with van der Waals surface area (Å²) in [4.78, 5) is 16.6. The Kier molecular flexibility index (Phi) is 4.78. The van der Waals surface area contributed by atoms with Crippen molar-refractivity contribution in [3.63, 3.8) is 0 Å². The highest BCUT2D eigenvalue weighted by Crippen LogP contribution is 2.26. The first-order valence-electron chi connectivity index (χ1n) is 7.21. The van der Waals surface area contributed by atoms with Gasteiger partial charge in [-0.05, 0) is 18.6 Å². The van der Waals surface area contributed by atoms with Gasteiger partial charge in [-0.15, -0.1) is 16.4 Å². The van der Waals surface area contributed by atoms with Crippen LogP contribution in [-0.2, 0) is 4.74 Å². The van der Waals surface area contributed by atoms with Gasteiger partial charge in [0.2, 0.25) is 4.96 Å². The maximum absolute atomic E-state index is 11.6. The maximum atomic E-state index is 11.6. The lowest BCUT2D eigenvalue weighted by Crippen LogP contribution is -2.15. The van der Waals surface area contributed by atoms with Crippen LogP contribution < -0.4 is 5.32 Å². The van der Waals surface area contributed by atoms with Crippen molar-refractivity contribution in [3.05, 3.63) is 34.7 Å². The molecule has 3 aromatic rings. The van der Waals surface area contributed by atoms with Crippen molar-refractivity contribution in [2.75, 3.05) is 11.9 Å². The lowest BCUT2D eigenvalue weighted by atomic mass is 10.2. The van der Waals surface area contributed by atoms with Gasteiger partial charge in [-0.3, -0.25) is 5.32 Å². The first kappa shape index (κ1) is 15.8. The average molecular weight is 351 g/mol. The molecule has 0 aliphatic heterocycles. The second kappa shape index (κ2) is 6.97. The number of nitrogens with zero attached hydrogens (tertiary/aromatic N) is 3. The topological polar surface area (TPSA) is 68.5 Å². The largest absolute Gasteiger partial charge is 0.449 e. The molecule has 2 aromatic heterocycles. The van der Waals surface area contributed by atoms with Gasteiger partial charge in [0, 0.05) is 16.0 Å². The summed E-state index contributed by atoms with van der Waals surface area (Å²) in [6.45, 7) is 2.42. The Labute approximate surface area is 142 Å². The number of thiazole rings is 1. The summed E-state index contributed by atoms with van der Waals surface area (Å²) in [5.41, 5.74) is 1.86. The molecule has 0 bridgehead atoms. The zero-order chi connectivity index (χ0) is 16.2. The Morgan fingerprint density at radius 2 is 2.17 bits per heavy atom. The average Bonchev–Trinajstić information content (AvgIpc) is 3.08. The third-order valence-corrected chi connectivity index (χ3v) is 4.23. The number of nitrogens with one attached hydrogen (secondary N) is 1. The first-order chi connectivity index (χ1) is 11.2. The Hall–Kier alpha value is -2.12. The van der Waals surface area contributed by atoms with E-state index in [0.717, 1.165) is 24.1 Å². The van der Waals surface area contributed by atoms with E-state index in [0.29, 0.717) is 16.6 Å². The number of amides is 1. The number of rotatable bonds is 5. The molecule has 1 amide bonds. The van der Waals surface area contributed by atoms with Gasteiger partial charge >= 0.3 is 6.09 Å². The van der Waals surface area contributed by atoms with Crippen LogP contribution in [0, 0.1) is 0 Å². The summed E-state index contributed by atoms with van der Waals surface area (Å²) in [5.74, 6) is 0.230. The third kappa shape index (κ3) is 3.62. The molecule has 1 N–H and O–H groups in total. The number of anilines is 1. The fourth-order valence-corrected chi connectivity index (χ4v) is 2.95. The summed E-state index contributed by atoms with van der Waals surface area (Å²) in [6.07, 6.45) is 1.26. The molecule has 0 unspecified atom stereocenters. The van der Waals surface area contributed by atoms with Gasteiger partial charge in [0.25, 0.3) is 5.95 Å². The second-order valence-electron chi connectivity index (χ2n) is 4.87. The molecule has 0 spiro atoms. The van der Waals surface area contributed by atoms with Crippen molar-refractivity contribution in [2.45, 2.75) is 19.8 Å². The molecule has 6 nitrogen and oxygen atoms in total. The molecular weight excluding hydrogens is 336 g/mol. The number of benzene rings is 1. The van der Waals surface area contributed by atoms with Gasteiger partial charge in [0.1, 0.15) is 0 Å².